The molecule has 2 nitrogen and oxygen atoms in total. The van der Waals surface area contributed by atoms with E-state index < -0.39 is 0 Å². The highest BCUT2D eigenvalue weighted by Crippen LogP contribution is 2.30. The number of ether oxygens (including phenoxy) is 1. The van der Waals surface area contributed by atoms with Crippen LogP contribution < -0.4 is 10.1 Å². The molecule has 1 heterocycles. The Bertz CT molecular complexity index is 321. The minimum atomic E-state index is 0.471. The van der Waals surface area contributed by atoms with Gasteiger partial charge in [-0.2, -0.15) is 0 Å². The molecule has 1 aliphatic heterocycles. The van der Waals surface area contributed by atoms with E-state index in [2.05, 4.69) is 11.4 Å². The number of rotatable bonds is 2. The van der Waals surface area contributed by atoms with Gasteiger partial charge in [0, 0.05) is 6.04 Å². The number of hydrogen-bond donors (Lipinski definition) is 1. The molecule has 2 rings (SSSR count). The predicted octanol–water partition coefficient (Wildman–Crippen LogP) is 2.77. The zero-order valence-electron chi connectivity index (χ0n) is 8.22. The summed E-state index contributed by atoms with van der Waals surface area (Å²) in [5.74, 6) is 0.744. The van der Waals surface area contributed by atoms with Gasteiger partial charge in [0.15, 0.2) is 0 Å². The van der Waals surface area contributed by atoms with Crippen LogP contribution in [0, 0.1) is 0 Å². The Morgan fingerprint density at radius 2 is 2.36 bits per heavy atom. The van der Waals surface area contributed by atoms with Crippen LogP contribution in [0.25, 0.3) is 0 Å². The van der Waals surface area contributed by atoms with E-state index in [1.807, 2.05) is 12.1 Å². The van der Waals surface area contributed by atoms with Crippen molar-refractivity contribution >= 4 is 11.6 Å². The summed E-state index contributed by atoms with van der Waals surface area (Å²) in [5.41, 5.74) is 1.26. The Morgan fingerprint density at radius 3 is 2.93 bits per heavy atom. The fourth-order valence-electron chi connectivity index (χ4n) is 1.87. The van der Waals surface area contributed by atoms with Gasteiger partial charge in [-0.25, -0.2) is 0 Å². The molecule has 1 aromatic rings. The van der Waals surface area contributed by atoms with Gasteiger partial charge in [-0.1, -0.05) is 17.7 Å². The first-order valence-corrected chi connectivity index (χ1v) is 5.26. The minimum Gasteiger partial charge on any atom is -0.495 e. The highest BCUT2D eigenvalue weighted by Gasteiger charge is 2.16. The summed E-state index contributed by atoms with van der Waals surface area (Å²) in [6.07, 6.45) is 2.44. The molecule has 0 aliphatic carbocycles. The fraction of sp³-hybridized carbons (Fsp3) is 0.455. The lowest BCUT2D eigenvalue weighted by Gasteiger charge is -2.12. The lowest BCUT2D eigenvalue weighted by molar-refractivity contribution is 0.414. The van der Waals surface area contributed by atoms with Gasteiger partial charge in [0.2, 0.25) is 0 Å². The molecule has 14 heavy (non-hydrogen) atoms. The SMILES string of the molecule is COc1ccc(C2CCCN2)cc1Cl. The zero-order valence-corrected chi connectivity index (χ0v) is 8.97. The summed E-state index contributed by atoms with van der Waals surface area (Å²) >= 11 is 6.06. The molecule has 1 saturated heterocycles. The van der Waals surface area contributed by atoms with E-state index in [9.17, 15) is 0 Å². The number of nitrogens with one attached hydrogen (secondary N) is 1. The second-order valence-corrected chi connectivity index (χ2v) is 3.95. The van der Waals surface area contributed by atoms with Crippen molar-refractivity contribution < 1.29 is 4.74 Å². The zero-order chi connectivity index (χ0) is 9.97. The fourth-order valence-corrected chi connectivity index (χ4v) is 2.13. The topological polar surface area (TPSA) is 21.3 Å². The number of benzene rings is 1. The lowest BCUT2D eigenvalue weighted by atomic mass is 10.1. The molecule has 1 aromatic carbocycles. The van der Waals surface area contributed by atoms with Gasteiger partial charge >= 0.3 is 0 Å². The first kappa shape index (κ1) is 9.81. The average Bonchev–Trinajstić information content (AvgIpc) is 2.70. The van der Waals surface area contributed by atoms with E-state index in [0.29, 0.717) is 11.1 Å². The maximum absolute atomic E-state index is 6.06. The predicted molar refractivity (Wildman–Crippen MR) is 58.0 cm³/mol. The van der Waals surface area contributed by atoms with Crippen molar-refractivity contribution in [2.24, 2.45) is 0 Å². The molecule has 0 saturated carbocycles. The van der Waals surface area contributed by atoms with E-state index in [1.165, 1.54) is 18.4 Å². The maximum atomic E-state index is 6.06. The Kier molecular flexibility index (Phi) is 2.94. The molecule has 1 atom stereocenters. The van der Waals surface area contributed by atoms with Gasteiger partial charge in [-0.3, -0.25) is 0 Å². The van der Waals surface area contributed by atoms with E-state index in [4.69, 9.17) is 16.3 Å². The molecule has 1 fully saturated rings. The highest BCUT2D eigenvalue weighted by atomic mass is 35.5. The van der Waals surface area contributed by atoms with Gasteiger partial charge < -0.3 is 10.1 Å². The largest absolute Gasteiger partial charge is 0.495 e. The second-order valence-electron chi connectivity index (χ2n) is 3.54. The van der Waals surface area contributed by atoms with Gasteiger partial charge in [0.25, 0.3) is 0 Å². The lowest BCUT2D eigenvalue weighted by Crippen LogP contribution is -2.12. The Balaban J connectivity index is 2.23. The van der Waals surface area contributed by atoms with Crippen molar-refractivity contribution in [3.8, 4) is 5.75 Å². The Labute approximate surface area is 89.2 Å². The summed E-state index contributed by atoms with van der Waals surface area (Å²) < 4.78 is 5.11. The second kappa shape index (κ2) is 4.20. The summed E-state index contributed by atoms with van der Waals surface area (Å²) in [7, 11) is 1.63. The van der Waals surface area contributed by atoms with Crippen LogP contribution in [-0.4, -0.2) is 13.7 Å². The molecular weight excluding hydrogens is 198 g/mol. The normalized spacial score (nSPS) is 21.1. The third kappa shape index (κ3) is 1.86. The quantitative estimate of drug-likeness (QED) is 0.813. The minimum absolute atomic E-state index is 0.471. The van der Waals surface area contributed by atoms with Crippen LogP contribution in [0.1, 0.15) is 24.4 Å². The van der Waals surface area contributed by atoms with Gasteiger partial charge in [0.05, 0.1) is 12.1 Å². The summed E-state index contributed by atoms with van der Waals surface area (Å²) in [5, 5.41) is 4.13. The van der Waals surface area contributed by atoms with Crippen molar-refractivity contribution in [1.82, 2.24) is 5.32 Å². The van der Waals surface area contributed by atoms with Crippen LogP contribution in [0.2, 0.25) is 5.02 Å². The first-order chi connectivity index (χ1) is 6.81. The van der Waals surface area contributed by atoms with Crippen molar-refractivity contribution in [2.75, 3.05) is 13.7 Å². The van der Waals surface area contributed by atoms with E-state index in [0.717, 1.165) is 12.3 Å². The maximum Gasteiger partial charge on any atom is 0.137 e. The van der Waals surface area contributed by atoms with Gasteiger partial charge in [-0.15, -0.1) is 0 Å². The molecule has 1 aliphatic rings. The van der Waals surface area contributed by atoms with E-state index >= 15 is 0 Å². The highest BCUT2D eigenvalue weighted by molar-refractivity contribution is 6.32. The van der Waals surface area contributed by atoms with Crippen LogP contribution in [0.4, 0.5) is 0 Å². The monoisotopic (exact) mass is 211 g/mol. The third-order valence-corrected chi connectivity index (χ3v) is 2.93. The molecule has 0 bridgehead atoms. The Morgan fingerprint density at radius 1 is 1.50 bits per heavy atom. The summed E-state index contributed by atoms with van der Waals surface area (Å²) in [4.78, 5) is 0. The number of halogens is 1. The molecule has 0 aromatic heterocycles. The molecule has 0 spiro atoms. The number of methoxy groups -OCH3 is 1. The van der Waals surface area contributed by atoms with Gasteiger partial charge in [0.1, 0.15) is 5.75 Å². The van der Waals surface area contributed by atoms with E-state index in [1.54, 1.807) is 7.11 Å². The molecule has 1 N–H and O–H groups in total. The molecular formula is C11H14ClNO. The van der Waals surface area contributed by atoms with Gasteiger partial charge in [-0.05, 0) is 37.1 Å². The molecule has 0 radical (unpaired) electrons. The average molecular weight is 212 g/mol. The van der Waals surface area contributed by atoms with Crippen LogP contribution in [0.3, 0.4) is 0 Å². The van der Waals surface area contributed by atoms with Crippen molar-refractivity contribution in [3.63, 3.8) is 0 Å². The van der Waals surface area contributed by atoms with Crippen molar-refractivity contribution in [1.29, 1.82) is 0 Å². The third-order valence-electron chi connectivity index (χ3n) is 2.64. The molecule has 3 heteroatoms. The van der Waals surface area contributed by atoms with Crippen molar-refractivity contribution in [3.05, 3.63) is 28.8 Å². The first-order valence-electron chi connectivity index (χ1n) is 4.88. The van der Waals surface area contributed by atoms with Crippen LogP contribution >= 0.6 is 11.6 Å². The molecule has 76 valence electrons. The van der Waals surface area contributed by atoms with Crippen molar-refractivity contribution in [2.45, 2.75) is 18.9 Å². The summed E-state index contributed by atoms with van der Waals surface area (Å²) in [6.45, 7) is 1.11. The standard InChI is InChI=1S/C11H14ClNO/c1-14-11-5-4-8(7-9(11)12)10-3-2-6-13-10/h4-5,7,10,13H,2-3,6H2,1H3. The molecule has 0 amide bonds. The van der Waals surface area contributed by atoms with Crippen LogP contribution in [0.15, 0.2) is 18.2 Å². The van der Waals surface area contributed by atoms with E-state index in [-0.39, 0.29) is 0 Å². The molecule has 1 unspecified atom stereocenters. The smallest absolute Gasteiger partial charge is 0.137 e. The summed E-state index contributed by atoms with van der Waals surface area (Å²) in [6, 6.07) is 6.47. The van der Waals surface area contributed by atoms with Crippen LogP contribution in [0.5, 0.6) is 5.75 Å². The number of hydrogen-bond acceptors (Lipinski definition) is 2. The Hall–Kier alpha value is -0.730. The van der Waals surface area contributed by atoms with Crippen LogP contribution in [-0.2, 0) is 0 Å².